The first kappa shape index (κ1) is 15.3. The topological polar surface area (TPSA) is 35.5 Å². The molecule has 0 aliphatic heterocycles. The van der Waals surface area contributed by atoms with E-state index in [1.165, 1.54) is 0 Å². The first-order chi connectivity index (χ1) is 8.65. The number of esters is 1. The minimum atomic E-state index is -0.259. The van der Waals surface area contributed by atoms with E-state index >= 15 is 0 Å². The normalized spacial score (nSPS) is 10.4. The van der Waals surface area contributed by atoms with Crippen molar-refractivity contribution in [3.63, 3.8) is 0 Å². The lowest BCUT2D eigenvalue weighted by Crippen LogP contribution is -2.11. The van der Waals surface area contributed by atoms with Gasteiger partial charge in [0.05, 0.1) is 16.7 Å². The van der Waals surface area contributed by atoms with E-state index in [1.54, 1.807) is 6.07 Å². The highest BCUT2D eigenvalue weighted by Gasteiger charge is 2.08. The van der Waals surface area contributed by atoms with Crippen LogP contribution in [0.4, 0.5) is 0 Å². The molecule has 0 saturated heterocycles. The molecule has 0 aromatic heterocycles. The minimum Gasteiger partial charge on any atom is -0.463 e. The Morgan fingerprint density at radius 3 is 2.78 bits per heavy atom. The number of rotatable bonds is 7. The van der Waals surface area contributed by atoms with Crippen molar-refractivity contribution in [2.45, 2.75) is 19.8 Å². The molecule has 0 aliphatic carbocycles. The number of carbonyl (C=O) groups excluding carboxylic acids is 1. The van der Waals surface area contributed by atoms with Crippen molar-refractivity contribution in [3.8, 4) is 0 Å². The number of halogens is 2. The molecule has 18 heavy (non-hydrogen) atoms. The predicted octanol–water partition coefficient (Wildman–Crippen LogP) is 3.51. The third kappa shape index (κ3) is 5.25. The van der Waals surface area contributed by atoms with Gasteiger partial charge in [-0.05, 0) is 25.0 Å². The zero-order valence-corrected chi connectivity index (χ0v) is 11.8. The molecule has 0 heterocycles. The Bertz CT molecular complexity index is 394. The summed E-state index contributed by atoms with van der Waals surface area (Å²) in [5.74, 6) is -0.259. The van der Waals surface area contributed by atoms with E-state index in [2.05, 4.69) is 0 Å². The van der Waals surface area contributed by atoms with Crippen LogP contribution in [0.3, 0.4) is 0 Å². The zero-order chi connectivity index (χ0) is 13.4. The van der Waals surface area contributed by atoms with Crippen molar-refractivity contribution in [1.82, 2.24) is 0 Å². The van der Waals surface area contributed by atoms with Gasteiger partial charge in [-0.1, -0.05) is 35.3 Å². The average Bonchev–Trinajstić information content (AvgIpc) is 2.36. The third-order valence-electron chi connectivity index (χ3n) is 2.32. The first-order valence-corrected chi connectivity index (χ1v) is 6.57. The van der Waals surface area contributed by atoms with Gasteiger partial charge in [0.2, 0.25) is 0 Å². The summed E-state index contributed by atoms with van der Waals surface area (Å²) in [5.41, 5.74) is 0.853. The van der Waals surface area contributed by atoms with Crippen LogP contribution in [0.2, 0.25) is 10.0 Å². The van der Waals surface area contributed by atoms with Crippen molar-refractivity contribution in [2.24, 2.45) is 0 Å². The summed E-state index contributed by atoms with van der Waals surface area (Å²) in [6.45, 7) is 3.23. The zero-order valence-electron chi connectivity index (χ0n) is 10.2. The Kier molecular flexibility index (Phi) is 7.09. The van der Waals surface area contributed by atoms with E-state index in [9.17, 15) is 4.79 Å². The largest absolute Gasteiger partial charge is 0.463 e. The first-order valence-electron chi connectivity index (χ1n) is 5.81. The quantitative estimate of drug-likeness (QED) is 0.569. The molecule has 100 valence electrons. The molecule has 5 heteroatoms. The highest BCUT2D eigenvalue weighted by molar-refractivity contribution is 6.42. The predicted molar refractivity (Wildman–Crippen MR) is 72.2 cm³/mol. The van der Waals surface area contributed by atoms with E-state index in [4.69, 9.17) is 32.7 Å². The van der Waals surface area contributed by atoms with Crippen LogP contribution >= 0.6 is 23.2 Å². The Morgan fingerprint density at radius 2 is 2.06 bits per heavy atom. The van der Waals surface area contributed by atoms with Crippen LogP contribution in [0.1, 0.15) is 18.9 Å². The highest BCUT2D eigenvalue weighted by atomic mass is 35.5. The van der Waals surface area contributed by atoms with Gasteiger partial charge in [0.15, 0.2) is 0 Å². The van der Waals surface area contributed by atoms with Gasteiger partial charge < -0.3 is 9.47 Å². The summed E-state index contributed by atoms with van der Waals surface area (Å²) in [5, 5.41) is 1.00. The lowest BCUT2D eigenvalue weighted by molar-refractivity contribution is -0.145. The summed E-state index contributed by atoms with van der Waals surface area (Å²) >= 11 is 11.9. The smallest absolute Gasteiger partial charge is 0.306 e. The summed E-state index contributed by atoms with van der Waals surface area (Å²) in [6.07, 6.45) is 0.805. The Balaban J connectivity index is 2.32. The maximum absolute atomic E-state index is 11.4. The molecule has 0 atom stereocenters. The van der Waals surface area contributed by atoms with E-state index < -0.39 is 0 Å². The molecule has 1 aromatic rings. The Morgan fingerprint density at radius 1 is 1.28 bits per heavy atom. The lowest BCUT2D eigenvalue weighted by atomic mass is 10.1. The fourth-order valence-electron chi connectivity index (χ4n) is 1.41. The monoisotopic (exact) mass is 290 g/mol. The molecule has 1 rings (SSSR count). The molecule has 0 radical (unpaired) electrons. The minimum absolute atomic E-state index is 0.259. The summed E-state index contributed by atoms with van der Waals surface area (Å²) in [7, 11) is 0. The van der Waals surface area contributed by atoms with Gasteiger partial charge in [-0.15, -0.1) is 0 Å². The van der Waals surface area contributed by atoms with Gasteiger partial charge in [0.25, 0.3) is 0 Å². The van der Waals surface area contributed by atoms with Gasteiger partial charge in [0.1, 0.15) is 6.61 Å². The van der Waals surface area contributed by atoms with Crippen molar-refractivity contribution in [3.05, 3.63) is 33.8 Å². The average molecular weight is 291 g/mol. The van der Waals surface area contributed by atoms with Crippen LogP contribution < -0.4 is 0 Å². The van der Waals surface area contributed by atoms with Gasteiger partial charge in [-0.2, -0.15) is 0 Å². The fraction of sp³-hybridized carbons (Fsp3) is 0.462. The Labute approximate surface area is 117 Å². The molecule has 1 aromatic carbocycles. The molecule has 0 saturated carbocycles. The van der Waals surface area contributed by atoms with Crippen molar-refractivity contribution in [2.75, 3.05) is 19.8 Å². The Hall–Kier alpha value is -0.770. The number of ether oxygens (including phenoxy) is 2. The van der Waals surface area contributed by atoms with Crippen molar-refractivity contribution in [1.29, 1.82) is 0 Å². The van der Waals surface area contributed by atoms with Crippen LogP contribution in [0.15, 0.2) is 18.2 Å². The number of aryl methyl sites for hydroxylation is 1. The van der Waals surface area contributed by atoms with Gasteiger partial charge >= 0.3 is 5.97 Å². The standard InChI is InChI=1S/C13H16Cl2O3/c1-2-17-8-9-18-12(16)7-6-10-4-3-5-11(14)13(10)15/h3-5H,2,6-9H2,1H3. The molecule has 0 spiro atoms. The van der Waals surface area contributed by atoms with Gasteiger partial charge in [0, 0.05) is 13.0 Å². The van der Waals surface area contributed by atoms with Crippen LogP contribution in [-0.4, -0.2) is 25.8 Å². The molecular formula is C13H16Cl2O3. The summed E-state index contributed by atoms with van der Waals surface area (Å²) < 4.78 is 10.1. The SMILES string of the molecule is CCOCCOC(=O)CCc1cccc(Cl)c1Cl. The molecule has 0 bridgehead atoms. The maximum atomic E-state index is 11.4. The van der Waals surface area contributed by atoms with E-state index in [-0.39, 0.29) is 19.0 Å². The number of hydrogen-bond acceptors (Lipinski definition) is 3. The van der Waals surface area contributed by atoms with Gasteiger partial charge in [-0.25, -0.2) is 0 Å². The number of carbonyl (C=O) groups is 1. The molecule has 0 unspecified atom stereocenters. The summed E-state index contributed by atoms with van der Waals surface area (Å²) in [6, 6.07) is 5.37. The molecule has 0 aliphatic rings. The second kappa shape index (κ2) is 8.35. The van der Waals surface area contributed by atoms with E-state index in [1.807, 2.05) is 19.1 Å². The fourth-order valence-corrected chi connectivity index (χ4v) is 1.82. The lowest BCUT2D eigenvalue weighted by Gasteiger charge is -2.06. The van der Waals surface area contributed by atoms with Crippen molar-refractivity contribution >= 4 is 29.2 Å². The number of benzene rings is 1. The maximum Gasteiger partial charge on any atom is 0.306 e. The van der Waals surface area contributed by atoms with Crippen LogP contribution in [0.25, 0.3) is 0 Å². The van der Waals surface area contributed by atoms with Gasteiger partial charge in [-0.3, -0.25) is 4.79 Å². The second-order valence-corrected chi connectivity index (χ2v) is 4.42. The molecule has 3 nitrogen and oxygen atoms in total. The third-order valence-corrected chi connectivity index (χ3v) is 3.18. The van der Waals surface area contributed by atoms with E-state index in [0.29, 0.717) is 29.7 Å². The van der Waals surface area contributed by atoms with Crippen molar-refractivity contribution < 1.29 is 14.3 Å². The van der Waals surface area contributed by atoms with Crippen LogP contribution in [-0.2, 0) is 20.7 Å². The van der Waals surface area contributed by atoms with E-state index in [0.717, 1.165) is 5.56 Å². The molecule has 0 fully saturated rings. The second-order valence-electron chi connectivity index (χ2n) is 3.63. The highest BCUT2D eigenvalue weighted by Crippen LogP contribution is 2.26. The van der Waals surface area contributed by atoms with Crippen LogP contribution in [0.5, 0.6) is 0 Å². The number of hydrogen-bond donors (Lipinski definition) is 0. The molecule has 0 N–H and O–H groups in total. The summed E-state index contributed by atoms with van der Waals surface area (Å²) in [4.78, 5) is 11.4. The molecule has 0 amide bonds. The molecular weight excluding hydrogens is 275 g/mol. The van der Waals surface area contributed by atoms with Crippen LogP contribution in [0, 0.1) is 0 Å².